The molecule has 2 heterocycles. The first-order chi connectivity index (χ1) is 14.6. The van der Waals surface area contributed by atoms with E-state index in [9.17, 15) is 4.79 Å². The maximum absolute atomic E-state index is 12.8. The van der Waals surface area contributed by atoms with Crippen molar-refractivity contribution in [3.05, 3.63) is 45.7 Å². The molecule has 1 aromatic heterocycles. The number of ether oxygens (including phenoxy) is 1. The van der Waals surface area contributed by atoms with E-state index in [0.29, 0.717) is 12.6 Å². The Hall–Kier alpha value is -1.92. The molecule has 4 rings (SSSR count). The molecule has 2 aromatic rings. The first-order valence-corrected chi connectivity index (χ1v) is 11.9. The zero-order valence-corrected chi connectivity index (χ0v) is 18.7. The molecule has 0 bridgehead atoms. The zero-order valence-electron chi connectivity index (χ0n) is 17.9. The van der Waals surface area contributed by atoms with Crippen LogP contribution in [-0.4, -0.2) is 40.3 Å². The van der Waals surface area contributed by atoms with Crippen molar-refractivity contribution in [3.8, 4) is 0 Å². The van der Waals surface area contributed by atoms with Crippen molar-refractivity contribution in [1.29, 1.82) is 0 Å². The molecule has 1 aromatic carbocycles. The molecule has 2 fully saturated rings. The van der Waals surface area contributed by atoms with Gasteiger partial charge in [0.25, 0.3) is 5.56 Å². The third kappa shape index (κ3) is 5.03. The van der Waals surface area contributed by atoms with Crippen LogP contribution in [0, 0.1) is 0 Å². The lowest BCUT2D eigenvalue weighted by Crippen LogP contribution is -2.48. The van der Waals surface area contributed by atoms with Crippen molar-refractivity contribution in [1.82, 2.24) is 15.2 Å². The molecule has 0 radical (unpaired) electrons. The van der Waals surface area contributed by atoms with Gasteiger partial charge < -0.3 is 19.9 Å². The normalized spacial score (nSPS) is 19.8. The minimum atomic E-state index is -0.0190. The molecule has 6 heteroatoms. The van der Waals surface area contributed by atoms with E-state index in [0.717, 1.165) is 66.8 Å². The van der Waals surface area contributed by atoms with Crippen molar-refractivity contribution < 1.29 is 4.74 Å². The van der Waals surface area contributed by atoms with Crippen LogP contribution in [0.15, 0.2) is 29.1 Å². The number of aryl methyl sites for hydroxylation is 1. The van der Waals surface area contributed by atoms with Gasteiger partial charge in [-0.3, -0.25) is 4.79 Å². The Morgan fingerprint density at radius 1 is 1.20 bits per heavy atom. The lowest BCUT2D eigenvalue weighted by Gasteiger charge is -2.36. The number of rotatable bonds is 6. The zero-order chi connectivity index (χ0) is 20.9. The van der Waals surface area contributed by atoms with Gasteiger partial charge in [0.2, 0.25) is 0 Å². The summed E-state index contributed by atoms with van der Waals surface area (Å²) >= 11 is 5.82. The first-order valence-electron chi connectivity index (χ1n) is 11.4. The van der Waals surface area contributed by atoms with Gasteiger partial charge >= 0.3 is 0 Å². The molecule has 0 unspecified atom stereocenters. The van der Waals surface area contributed by atoms with E-state index in [-0.39, 0.29) is 11.7 Å². The van der Waals surface area contributed by atoms with E-state index >= 15 is 0 Å². The Morgan fingerprint density at radius 3 is 2.77 bits per heavy atom. The Kier molecular flexibility index (Phi) is 7.05. The third-order valence-electron chi connectivity index (χ3n) is 6.52. The molecule has 30 heavy (non-hydrogen) atoms. The second-order valence-corrected chi connectivity index (χ2v) is 9.03. The van der Waals surface area contributed by atoms with Crippen LogP contribution < -0.4 is 10.9 Å². The molecular weight excluding hydrogens is 394 g/mol. The van der Waals surface area contributed by atoms with Gasteiger partial charge in [0.05, 0.1) is 12.6 Å². The molecule has 1 atom stereocenters. The van der Waals surface area contributed by atoms with E-state index in [1.807, 2.05) is 12.1 Å². The molecule has 162 valence electrons. The van der Waals surface area contributed by atoms with Gasteiger partial charge in [0, 0.05) is 30.3 Å². The van der Waals surface area contributed by atoms with Crippen molar-refractivity contribution >= 4 is 28.2 Å². The van der Waals surface area contributed by atoms with Gasteiger partial charge in [0.15, 0.2) is 5.11 Å². The Morgan fingerprint density at radius 2 is 2.03 bits per heavy atom. The van der Waals surface area contributed by atoms with Gasteiger partial charge in [-0.1, -0.05) is 32.3 Å². The number of pyridine rings is 1. The number of nitrogens with one attached hydrogen (secondary N) is 2. The summed E-state index contributed by atoms with van der Waals surface area (Å²) in [5.41, 5.74) is 2.93. The summed E-state index contributed by atoms with van der Waals surface area (Å²) in [6, 6.07) is 8.70. The highest BCUT2D eigenvalue weighted by atomic mass is 32.1. The largest absolute Gasteiger partial charge is 0.376 e. The van der Waals surface area contributed by atoms with E-state index in [1.54, 1.807) is 0 Å². The SMILES string of the molecule is CCc1ccc2[nH]c(=O)c(CN(C(=S)NC[C@H]3CCCO3)C3CCCCC3)cc2c1. The monoisotopic (exact) mass is 427 g/mol. The average molecular weight is 428 g/mol. The van der Waals surface area contributed by atoms with Crippen LogP contribution in [0.5, 0.6) is 0 Å². The van der Waals surface area contributed by atoms with Gasteiger partial charge in [-0.25, -0.2) is 0 Å². The summed E-state index contributed by atoms with van der Waals surface area (Å²) in [5.74, 6) is 0. The number of hydrogen-bond acceptors (Lipinski definition) is 3. The second-order valence-electron chi connectivity index (χ2n) is 8.64. The Bertz CT molecular complexity index is 930. The predicted molar refractivity (Wildman–Crippen MR) is 126 cm³/mol. The molecule has 1 saturated carbocycles. The number of fused-ring (bicyclic) bond motifs is 1. The lowest BCUT2D eigenvalue weighted by atomic mass is 9.94. The summed E-state index contributed by atoms with van der Waals surface area (Å²) in [4.78, 5) is 18.2. The standard InChI is InChI=1S/C24H33N3O2S/c1-2-17-10-11-22-18(13-17)14-19(23(28)26-22)16-27(20-7-4-3-5-8-20)24(30)25-15-21-9-6-12-29-21/h10-11,13-14,20-21H,2-9,12,15-16H2,1H3,(H,25,30)(H,26,28)/t21-/m1/s1. The van der Waals surface area contributed by atoms with Crippen LogP contribution >= 0.6 is 12.2 Å². The summed E-state index contributed by atoms with van der Waals surface area (Å²) in [7, 11) is 0. The third-order valence-corrected chi connectivity index (χ3v) is 6.89. The van der Waals surface area contributed by atoms with E-state index in [2.05, 4.69) is 34.3 Å². The highest BCUT2D eigenvalue weighted by Gasteiger charge is 2.25. The fourth-order valence-electron chi connectivity index (χ4n) is 4.69. The Labute approximate surface area is 184 Å². The maximum Gasteiger partial charge on any atom is 0.253 e. The number of nitrogens with zero attached hydrogens (tertiary/aromatic N) is 1. The van der Waals surface area contributed by atoms with Gasteiger partial charge in [-0.15, -0.1) is 0 Å². The van der Waals surface area contributed by atoms with Crippen LogP contribution in [0.2, 0.25) is 0 Å². The number of H-pyrrole nitrogens is 1. The van der Waals surface area contributed by atoms with Crippen molar-refractivity contribution in [3.63, 3.8) is 0 Å². The molecule has 1 aliphatic carbocycles. The molecule has 1 aliphatic heterocycles. The quantitative estimate of drug-likeness (QED) is 0.674. The maximum atomic E-state index is 12.8. The number of hydrogen-bond donors (Lipinski definition) is 2. The second kappa shape index (κ2) is 9.92. The van der Waals surface area contributed by atoms with Crippen LogP contribution in [0.1, 0.15) is 63.0 Å². The molecule has 2 aliphatic rings. The lowest BCUT2D eigenvalue weighted by molar-refractivity contribution is 0.112. The first kappa shape index (κ1) is 21.3. The van der Waals surface area contributed by atoms with Crippen LogP contribution in [-0.2, 0) is 17.7 Å². The van der Waals surface area contributed by atoms with Crippen LogP contribution in [0.4, 0.5) is 0 Å². The molecule has 5 nitrogen and oxygen atoms in total. The minimum Gasteiger partial charge on any atom is -0.376 e. The summed E-state index contributed by atoms with van der Waals surface area (Å²) in [6.45, 7) is 4.29. The molecule has 0 amide bonds. The predicted octanol–water partition coefficient (Wildman–Crippen LogP) is 4.28. The highest BCUT2D eigenvalue weighted by molar-refractivity contribution is 7.80. The average Bonchev–Trinajstić information content (AvgIpc) is 3.30. The van der Waals surface area contributed by atoms with Crippen LogP contribution in [0.3, 0.4) is 0 Å². The highest BCUT2D eigenvalue weighted by Crippen LogP contribution is 2.25. The summed E-state index contributed by atoms with van der Waals surface area (Å²) < 4.78 is 5.74. The summed E-state index contributed by atoms with van der Waals surface area (Å²) in [5, 5.41) is 5.28. The molecule has 1 saturated heterocycles. The fourth-order valence-corrected chi connectivity index (χ4v) is 4.99. The topological polar surface area (TPSA) is 57.4 Å². The number of aromatic amines is 1. The van der Waals surface area contributed by atoms with Gasteiger partial charge in [-0.2, -0.15) is 0 Å². The number of benzene rings is 1. The van der Waals surface area contributed by atoms with Crippen LogP contribution in [0.25, 0.3) is 10.9 Å². The molecule has 2 N–H and O–H groups in total. The Balaban J connectivity index is 1.56. The van der Waals surface area contributed by atoms with Crippen molar-refractivity contribution in [2.45, 2.75) is 77.0 Å². The van der Waals surface area contributed by atoms with Gasteiger partial charge in [0.1, 0.15) is 0 Å². The van der Waals surface area contributed by atoms with Gasteiger partial charge in [-0.05, 0) is 73.5 Å². The van der Waals surface area contributed by atoms with E-state index in [4.69, 9.17) is 17.0 Å². The molecule has 0 spiro atoms. The van der Waals surface area contributed by atoms with E-state index in [1.165, 1.54) is 24.8 Å². The van der Waals surface area contributed by atoms with Crippen molar-refractivity contribution in [2.75, 3.05) is 13.2 Å². The van der Waals surface area contributed by atoms with Crippen molar-refractivity contribution in [2.24, 2.45) is 0 Å². The van der Waals surface area contributed by atoms with E-state index < -0.39 is 0 Å². The number of aromatic nitrogens is 1. The number of thiocarbonyl (C=S) groups is 1. The fraction of sp³-hybridized carbons (Fsp3) is 0.583. The minimum absolute atomic E-state index is 0.0190. The summed E-state index contributed by atoms with van der Waals surface area (Å²) in [6.07, 6.45) is 9.44. The smallest absolute Gasteiger partial charge is 0.253 e. The molecular formula is C24H33N3O2S.